The highest BCUT2D eigenvalue weighted by Gasteiger charge is 2.44. The Balaban J connectivity index is 0.000000186. The lowest BCUT2D eigenvalue weighted by Gasteiger charge is -2.12. The first kappa shape index (κ1) is 13.8. The molecule has 3 rings (SSSR count). The second kappa shape index (κ2) is 5.59. The van der Waals surface area contributed by atoms with Crippen LogP contribution in [0.5, 0.6) is 0 Å². The van der Waals surface area contributed by atoms with Crippen LogP contribution in [0.2, 0.25) is 0 Å². The molecule has 2 bridgehead atoms. The van der Waals surface area contributed by atoms with Gasteiger partial charge in [0.1, 0.15) is 0 Å². The number of carbonyl (C=O) groups is 2. The first-order valence-corrected chi connectivity index (χ1v) is 6.93. The Kier molecular flexibility index (Phi) is 4.08. The number of carboxylic acids is 2. The summed E-state index contributed by atoms with van der Waals surface area (Å²) in [6.45, 7) is 2.19. The minimum absolute atomic E-state index is 0.00593. The predicted molar refractivity (Wildman–Crippen MR) is 70.7 cm³/mol. The van der Waals surface area contributed by atoms with Crippen LogP contribution in [0.15, 0.2) is 22.8 Å². The average Bonchev–Trinajstić information content (AvgIpc) is 2.93. The van der Waals surface area contributed by atoms with Gasteiger partial charge in [0.05, 0.1) is 11.1 Å². The van der Waals surface area contributed by atoms with Crippen LogP contribution in [0.25, 0.3) is 0 Å². The molecule has 0 heterocycles. The molecule has 0 aromatic carbocycles. The first-order valence-electron chi connectivity index (χ1n) is 6.93. The van der Waals surface area contributed by atoms with Crippen molar-refractivity contribution in [2.45, 2.75) is 45.4 Å². The SMILES string of the molecule is CCC=C1CC1.O=C(O)C1=C(C(=O)O)C2CCC1C2. The maximum atomic E-state index is 10.8. The normalized spacial score (nSPS) is 26.9. The molecule has 0 aromatic heterocycles. The van der Waals surface area contributed by atoms with Crippen molar-refractivity contribution in [3.05, 3.63) is 22.8 Å². The van der Waals surface area contributed by atoms with Crippen LogP contribution < -0.4 is 0 Å². The highest BCUT2D eigenvalue weighted by atomic mass is 16.4. The molecule has 0 aromatic rings. The lowest BCUT2D eigenvalue weighted by molar-refractivity contribution is -0.136. The minimum Gasteiger partial charge on any atom is -0.478 e. The molecule has 0 saturated heterocycles. The van der Waals surface area contributed by atoms with Gasteiger partial charge in [-0.25, -0.2) is 9.59 Å². The fraction of sp³-hybridized carbons (Fsp3) is 0.600. The van der Waals surface area contributed by atoms with Gasteiger partial charge in [0.15, 0.2) is 0 Å². The van der Waals surface area contributed by atoms with Crippen molar-refractivity contribution in [1.82, 2.24) is 0 Å². The number of hydrogen-bond donors (Lipinski definition) is 2. The summed E-state index contributed by atoms with van der Waals surface area (Å²) in [5.41, 5.74) is 1.98. The van der Waals surface area contributed by atoms with E-state index >= 15 is 0 Å². The highest BCUT2D eigenvalue weighted by molar-refractivity contribution is 6.01. The Labute approximate surface area is 112 Å². The van der Waals surface area contributed by atoms with Crippen molar-refractivity contribution in [1.29, 1.82) is 0 Å². The molecule has 2 fully saturated rings. The molecule has 3 aliphatic rings. The summed E-state index contributed by atoms with van der Waals surface area (Å²) in [6.07, 6.45) is 8.71. The van der Waals surface area contributed by atoms with Crippen LogP contribution in [0.4, 0.5) is 0 Å². The summed E-state index contributed by atoms with van der Waals surface area (Å²) in [5.74, 6) is -2.11. The fourth-order valence-electron chi connectivity index (χ4n) is 3.09. The molecular formula is C15H20O4. The number of hydrogen-bond acceptors (Lipinski definition) is 2. The standard InChI is InChI=1S/C9H10O4.C6H10/c10-8(11)6-4-1-2-5(3-4)7(6)9(12)13;1-2-3-6-4-5-6/h4-5H,1-3H2,(H,10,11)(H,12,13);3H,2,4-5H2,1H3. The third-order valence-electron chi connectivity index (χ3n) is 4.03. The Morgan fingerprint density at radius 3 is 1.84 bits per heavy atom. The third kappa shape index (κ3) is 3.06. The molecule has 3 aliphatic carbocycles. The van der Waals surface area contributed by atoms with Crippen molar-refractivity contribution < 1.29 is 19.8 Å². The topological polar surface area (TPSA) is 74.6 Å². The van der Waals surface area contributed by atoms with Crippen LogP contribution in [0.3, 0.4) is 0 Å². The van der Waals surface area contributed by atoms with E-state index < -0.39 is 11.9 Å². The molecule has 19 heavy (non-hydrogen) atoms. The average molecular weight is 264 g/mol. The third-order valence-corrected chi connectivity index (χ3v) is 4.03. The molecule has 4 nitrogen and oxygen atoms in total. The summed E-state index contributed by atoms with van der Waals surface area (Å²) in [7, 11) is 0. The molecule has 0 aliphatic heterocycles. The maximum absolute atomic E-state index is 10.8. The molecule has 0 amide bonds. The van der Waals surface area contributed by atoms with E-state index in [2.05, 4.69) is 13.0 Å². The van der Waals surface area contributed by atoms with Gasteiger partial charge in [0, 0.05) is 0 Å². The fourth-order valence-corrected chi connectivity index (χ4v) is 3.09. The molecule has 0 spiro atoms. The Morgan fingerprint density at radius 1 is 1.11 bits per heavy atom. The van der Waals surface area contributed by atoms with Crippen molar-refractivity contribution in [3.8, 4) is 0 Å². The Hall–Kier alpha value is -1.58. The quantitative estimate of drug-likeness (QED) is 0.768. The van der Waals surface area contributed by atoms with E-state index in [9.17, 15) is 9.59 Å². The van der Waals surface area contributed by atoms with E-state index in [0.717, 1.165) is 19.3 Å². The number of rotatable bonds is 3. The molecular weight excluding hydrogens is 244 g/mol. The monoisotopic (exact) mass is 264 g/mol. The maximum Gasteiger partial charge on any atom is 0.332 e. The molecule has 4 heteroatoms. The van der Waals surface area contributed by atoms with Crippen LogP contribution >= 0.6 is 0 Å². The summed E-state index contributed by atoms with van der Waals surface area (Å²) < 4.78 is 0. The zero-order chi connectivity index (χ0) is 14.0. The number of aliphatic carboxylic acids is 2. The van der Waals surface area contributed by atoms with E-state index in [-0.39, 0.29) is 23.0 Å². The molecule has 2 atom stereocenters. The summed E-state index contributed by atoms with van der Waals surface area (Å²) in [6, 6.07) is 0. The first-order chi connectivity index (χ1) is 9.04. The summed E-state index contributed by atoms with van der Waals surface area (Å²) in [5, 5.41) is 17.7. The van der Waals surface area contributed by atoms with Gasteiger partial charge >= 0.3 is 11.9 Å². The molecule has 2 unspecified atom stereocenters. The van der Waals surface area contributed by atoms with Gasteiger partial charge in [-0.2, -0.15) is 0 Å². The second-order valence-corrected chi connectivity index (χ2v) is 5.42. The van der Waals surface area contributed by atoms with Crippen molar-refractivity contribution in [2.24, 2.45) is 11.8 Å². The molecule has 0 radical (unpaired) electrons. The zero-order valence-electron chi connectivity index (χ0n) is 11.2. The molecule has 2 N–H and O–H groups in total. The molecule has 104 valence electrons. The largest absolute Gasteiger partial charge is 0.478 e. The van der Waals surface area contributed by atoms with Gasteiger partial charge in [-0.1, -0.05) is 18.6 Å². The number of allylic oxidation sites excluding steroid dienone is 2. The summed E-state index contributed by atoms with van der Waals surface area (Å²) in [4.78, 5) is 21.6. The van der Waals surface area contributed by atoms with Crippen molar-refractivity contribution in [3.63, 3.8) is 0 Å². The Bertz CT molecular complexity index is 423. The van der Waals surface area contributed by atoms with Gasteiger partial charge in [0.25, 0.3) is 0 Å². The lowest BCUT2D eigenvalue weighted by atomic mass is 9.92. The second-order valence-electron chi connectivity index (χ2n) is 5.42. The van der Waals surface area contributed by atoms with Crippen LogP contribution in [-0.2, 0) is 9.59 Å². The van der Waals surface area contributed by atoms with Crippen molar-refractivity contribution >= 4 is 11.9 Å². The number of fused-ring (bicyclic) bond motifs is 2. The van der Waals surface area contributed by atoms with Gasteiger partial charge in [0.2, 0.25) is 0 Å². The lowest BCUT2D eigenvalue weighted by Crippen LogP contribution is -2.17. The van der Waals surface area contributed by atoms with Crippen LogP contribution in [0, 0.1) is 11.8 Å². The highest BCUT2D eigenvalue weighted by Crippen LogP contribution is 2.48. The van der Waals surface area contributed by atoms with Gasteiger partial charge in [-0.05, 0) is 50.4 Å². The Morgan fingerprint density at radius 2 is 1.58 bits per heavy atom. The smallest absolute Gasteiger partial charge is 0.332 e. The minimum atomic E-state index is -1.05. The van der Waals surface area contributed by atoms with E-state index in [4.69, 9.17) is 10.2 Å². The zero-order valence-corrected chi connectivity index (χ0v) is 11.2. The van der Waals surface area contributed by atoms with Gasteiger partial charge in [-0.3, -0.25) is 0 Å². The molecule has 2 saturated carbocycles. The van der Waals surface area contributed by atoms with E-state index in [1.54, 1.807) is 5.57 Å². The predicted octanol–water partition coefficient (Wildman–Crippen LogP) is 3.00. The van der Waals surface area contributed by atoms with Crippen LogP contribution in [-0.4, -0.2) is 22.2 Å². The number of carboxylic acid groups (broad SMARTS) is 2. The van der Waals surface area contributed by atoms with Crippen LogP contribution in [0.1, 0.15) is 45.4 Å². The van der Waals surface area contributed by atoms with E-state index in [0.29, 0.717) is 0 Å². The van der Waals surface area contributed by atoms with E-state index in [1.165, 1.54) is 19.3 Å². The van der Waals surface area contributed by atoms with Gasteiger partial charge in [-0.15, -0.1) is 0 Å². The van der Waals surface area contributed by atoms with E-state index in [1.807, 2.05) is 0 Å². The van der Waals surface area contributed by atoms with Gasteiger partial charge < -0.3 is 10.2 Å². The van der Waals surface area contributed by atoms with Crippen molar-refractivity contribution in [2.75, 3.05) is 0 Å². The summed E-state index contributed by atoms with van der Waals surface area (Å²) >= 11 is 0.